The van der Waals surface area contributed by atoms with Crippen LogP contribution < -0.4 is 0 Å². The third-order valence-corrected chi connectivity index (χ3v) is 2.98. The van der Waals surface area contributed by atoms with Crippen LogP contribution in [0.3, 0.4) is 0 Å². The van der Waals surface area contributed by atoms with Gasteiger partial charge in [-0.2, -0.15) is 0 Å². The second-order valence-electron chi connectivity index (χ2n) is 2.94. The van der Waals surface area contributed by atoms with Crippen molar-refractivity contribution in [3.05, 3.63) is 34.1 Å². The van der Waals surface area contributed by atoms with E-state index >= 15 is 0 Å². The summed E-state index contributed by atoms with van der Waals surface area (Å²) < 4.78 is 18.9. The van der Waals surface area contributed by atoms with Crippen molar-refractivity contribution in [1.82, 2.24) is 0 Å². The van der Waals surface area contributed by atoms with E-state index < -0.39 is 0 Å². The van der Waals surface area contributed by atoms with E-state index in [-0.39, 0.29) is 23.2 Å². The molecule has 0 saturated carbocycles. The molecular formula is C10H9Br2FO2. The standard InChI is InChI=1S/C10H9Br2FO2/c1-6(14)15-5-9(12)8-3-2-7(11)4-10(8)13/h2-4,9H,5H2,1H3/t9-/m1/s1. The zero-order valence-electron chi connectivity index (χ0n) is 7.97. The molecule has 82 valence electrons. The SMILES string of the molecule is CC(=O)OC[C@@H](Br)c1ccc(Br)cc1F. The molecule has 0 aliphatic carbocycles. The van der Waals surface area contributed by atoms with Crippen LogP contribution in [0.25, 0.3) is 0 Å². The minimum absolute atomic E-state index is 0.119. The van der Waals surface area contributed by atoms with E-state index in [0.717, 1.165) is 0 Å². The Morgan fingerprint density at radius 1 is 1.60 bits per heavy atom. The van der Waals surface area contributed by atoms with Gasteiger partial charge in [0, 0.05) is 17.0 Å². The topological polar surface area (TPSA) is 26.3 Å². The van der Waals surface area contributed by atoms with Crippen molar-refractivity contribution >= 4 is 37.8 Å². The summed E-state index contributed by atoms with van der Waals surface area (Å²) in [5.41, 5.74) is 0.472. The molecule has 0 aliphatic rings. The number of benzene rings is 1. The fraction of sp³-hybridized carbons (Fsp3) is 0.300. The summed E-state index contributed by atoms with van der Waals surface area (Å²) in [6.45, 7) is 1.44. The molecule has 1 aromatic carbocycles. The number of hydrogen-bond acceptors (Lipinski definition) is 2. The van der Waals surface area contributed by atoms with Gasteiger partial charge in [0.05, 0.1) is 4.83 Å². The van der Waals surface area contributed by atoms with Gasteiger partial charge in [0.25, 0.3) is 0 Å². The highest BCUT2D eigenvalue weighted by atomic mass is 79.9. The predicted octanol–water partition coefficient (Wildman–Crippen LogP) is 3.59. The van der Waals surface area contributed by atoms with E-state index in [9.17, 15) is 9.18 Å². The molecule has 1 rings (SSSR count). The van der Waals surface area contributed by atoms with Gasteiger partial charge in [-0.25, -0.2) is 4.39 Å². The summed E-state index contributed by atoms with van der Waals surface area (Å²) in [6, 6.07) is 4.75. The van der Waals surface area contributed by atoms with Crippen LogP contribution in [0.2, 0.25) is 0 Å². The molecule has 0 aliphatic heterocycles. The zero-order chi connectivity index (χ0) is 11.4. The molecule has 0 amide bonds. The Hall–Kier alpha value is -0.420. The lowest BCUT2D eigenvalue weighted by atomic mass is 10.1. The van der Waals surface area contributed by atoms with Gasteiger partial charge in [-0.15, -0.1) is 0 Å². The second-order valence-corrected chi connectivity index (χ2v) is 4.96. The van der Waals surface area contributed by atoms with Crippen LogP contribution in [0.1, 0.15) is 17.3 Å². The van der Waals surface area contributed by atoms with Gasteiger partial charge in [0.1, 0.15) is 12.4 Å². The average Bonchev–Trinajstić information content (AvgIpc) is 2.14. The van der Waals surface area contributed by atoms with Crippen LogP contribution in [0.4, 0.5) is 4.39 Å². The van der Waals surface area contributed by atoms with Crippen LogP contribution >= 0.6 is 31.9 Å². The fourth-order valence-corrected chi connectivity index (χ4v) is 1.87. The van der Waals surface area contributed by atoms with Gasteiger partial charge in [0.15, 0.2) is 0 Å². The number of rotatable bonds is 3. The maximum absolute atomic E-state index is 13.4. The average molecular weight is 340 g/mol. The van der Waals surface area contributed by atoms with Crippen molar-refractivity contribution < 1.29 is 13.9 Å². The van der Waals surface area contributed by atoms with Crippen molar-refractivity contribution in [3.8, 4) is 0 Å². The lowest BCUT2D eigenvalue weighted by Gasteiger charge is -2.11. The monoisotopic (exact) mass is 338 g/mol. The Kier molecular flexibility index (Phi) is 4.73. The quantitative estimate of drug-likeness (QED) is 0.621. The van der Waals surface area contributed by atoms with Gasteiger partial charge in [-0.05, 0) is 12.1 Å². The number of carbonyl (C=O) groups is 1. The molecule has 0 N–H and O–H groups in total. The molecule has 0 aromatic heterocycles. The Morgan fingerprint density at radius 3 is 2.80 bits per heavy atom. The summed E-state index contributed by atoms with van der Waals surface area (Å²) in [5, 5.41) is 0. The van der Waals surface area contributed by atoms with Gasteiger partial charge < -0.3 is 4.74 Å². The van der Waals surface area contributed by atoms with Crippen LogP contribution in [0, 0.1) is 5.82 Å². The van der Waals surface area contributed by atoms with Crippen LogP contribution in [0.5, 0.6) is 0 Å². The summed E-state index contributed by atoms with van der Waals surface area (Å²) >= 11 is 6.42. The number of ether oxygens (including phenoxy) is 1. The van der Waals surface area contributed by atoms with E-state index in [1.807, 2.05) is 0 Å². The van der Waals surface area contributed by atoms with Crippen molar-refractivity contribution in [2.45, 2.75) is 11.8 Å². The van der Waals surface area contributed by atoms with Gasteiger partial charge in [0.2, 0.25) is 0 Å². The van der Waals surface area contributed by atoms with E-state index in [2.05, 4.69) is 31.9 Å². The molecular weight excluding hydrogens is 331 g/mol. The Balaban J connectivity index is 2.73. The van der Waals surface area contributed by atoms with E-state index in [0.29, 0.717) is 10.0 Å². The maximum Gasteiger partial charge on any atom is 0.302 e. The lowest BCUT2D eigenvalue weighted by Crippen LogP contribution is -2.07. The van der Waals surface area contributed by atoms with Crippen LogP contribution in [-0.2, 0) is 9.53 Å². The van der Waals surface area contributed by atoms with Gasteiger partial charge in [-0.3, -0.25) is 4.79 Å². The first-order chi connectivity index (χ1) is 7.00. The highest BCUT2D eigenvalue weighted by Crippen LogP contribution is 2.27. The highest BCUT2D eigenvalue weighted by Gasteiger charge is 2.13. The first kappa shape index (κ1) is 12.6. The zero-order valence-corrected chi connectivity index (χ0v) is 11.1. The lowest BCUT2D eigenvalue weighted by molar-refractivity contribution is -0.140. The van der Waals surface area contributed by atoms with Gasteiger partial charge in [-0.1, -0.05) is 37.9 Å². The molecule has 0 radical (unpaired) electrons. The summed E-state index contributed by atoms with van der Waals surface area (Å²) in [4.78, 5) is 10.2. The second kappa shape index (κ2) is 5.61. The highest BCUT2D eigenvalue weighted by molar-refractivity contribution is 9.10. The fourth-order valence-electron chi connectivity index (χ4n) is 1.04. The van der Waals surface area contributed by atoms with Crippen LogP contribution in [0.15, 0.2) is 22.7 Å². The molecule has 0 spiro atoms. The van der Waals surface area contributed by atoms with E-state index in [4.69, 9.17) is 4.74 Å². The molecule has 0 saturated heterocycles. The predicted molar refractivity (Wildman–Crippen MR) is 62.4 cm³/mol. The Labute approximate surface area is 104 Å². The Morgan fingerprint density at radius 2 is 2.27 bits per heavy atom. The van der Waals surface area contributed by atoms with E-state index in [1.165, 1.54) is 13.0 Å². The molecule has 15 heavy (non-hydrogen) atoms. The number of alkyl halides is 1. The first-order valence-electron chi connectivity index (χ1n) is 4.23. The molecule has 2 nitrogen and oxygen atoms in total. The summed E-state index contributed by atoms with van der Waals surface area (Å²) in [5.74, 6) is -0.713. The molecule has 0 fully saturated rings. The maximum atomic E-state index is 13.4. The molecule has 0 heterocycles. The van der Waals surface area contributed by atoms with Crippen molar-refractivity contribution in [2.24, 2.45) is 0 Å². The summed E-state index contributed by atoms with van der Waals surface area (Å²) in [7, 11) is 0. The first-order valence-corrected chi connectivity index (χ1v) is 5.94. The number of halogens is 3. The van der Waals surface area contributed by atoms with E-state index in [1.54, 1.807) is 12.1 Å². The minimum Gasteiger partial charge on any atom is -0.464 e. The number of carbonyl (C=O) groups excluding carboxylic acids is 1. The molecule has 0 unspecified atom stereocenters. The normalized spacial score (nSPS) is 12.3. The Bertz CT molecular complexity index is 368. The third kappa shape index (κ3) is 3.91. The van der Waals surface area contributed by atoms with Crippen LogP contribution in [-0.4, -0.2) is 12.6 Å². The van der Waals surface area contributed by atoms with Gasteiger partial charge >= 0.3 is 5.97 Å². The van der Waals surface area contributed by atoms with Crippen molar-refractivity contribution in [1.29, 1.82) is 0 Å². The third-order valence-electron chi connectivity index (χ3n) is 1.73. The number of hydrogen-bond donors (Lipinski definition) is 0. The molecule has 0 bridgehead atoms. The summed E-state index contributed by atoms with van der Waals surface area (Å²) in [6.07, 6.45) is 0. The van der Waals surface area contributed by atoms with Crippen molar-refractivity contribution in [3.63, 3.8) is 0 Å². The molecule has 5 heteroatoms. The minimum atomic E-state index is -0.378. The van der Waals surface area contributed by atoms with Crippen molar-refractivity contribution in [2.75, 3.05) is 6.61 Å². The largest absolute Gasteiger partial charge is 0.464 e. The number of esters is 1. The molecule has 1 aromatic rings. The molecule has 1 atom stereocenters. The smallest absolute Gasteiger partial charge is 0.302 e.